The van der Waals surface area contributed by atoms with Crippen LogP contribution in [-0.2, 0) is 4.79 Å². The van der Waals surface area contributed by atoms with Crippen LogP contribution in [-0.4, -0.2) is 55.1 Å². The third-order valence-corrected chi connectivity index (χ3v) is 6.18. The number of carbonyl (C=O) groups excluding carboxylic acids is 1. The summed E-state index contributed by atoms with van der Waals surface area (Å²) in [5.41, 5.74) is 3.55. The number of nitrogens with one attached hydrogen (secondary N) is 1. The number of ether oxygens (including phenoxy) is 1. The lowest BCUT2D eigenvalue weighted by atomic mass is 10.1. The highest BCUT2D eigenvalue weighted by molar-refractivity contribution is 6.32. The molecule has 0 unspecified atom stereocenters. The Balaban J connectivity index is 1.45. The summed E-state index contributed by atoms with van der Waals surface area (Å²) >= 11 is 6.34. The molecule has 1 amide bonds. The van der Waals surface area contributed by atoms with Gasteiger partial charge in [-0.2, -0.15) is 0 Å². The third kappa shape index (κ3) is 5.88. The van der Waals surface area contributed by atoms with Gasteiger partial charge in [-0.05, 0) is 87.5 Å². The van der Waals surface area contributed by atoms with Crippen LogP contribution in [0.15, 0.2) is 48.5 Å². The van der Waals surface area contributed by atoms with E-state index in [1.807, 2.05) is 44.2 Å². The van der Waals surface area contributed by atoms with Crippen molar-refractivity contribution in [2.45, 2.75) is 26.9 Å². The van der Waals surface area contributed by atoms with Gasteiger partial charge in [0.05, 0.1) is 16.6 Å². The predicted octanol–water partition coefficient (Wildman–Crippen LogP) is 5.39. The van der Waals surface area contributed by atoms with Crippen LogP contribution in [0.2, 0.25) is 5.02 Å². The van der Waals surface area contributed by atoms with E-state index in [9.17, 15) is 4.79 Å². The van der Waals surface area contributed by atoms with Crippen LogP contribution in [0.5, 0.6) is 5.75 Å². The van der Waals surface area contributed by atoms with E-state index in [1.54, 1.807) is 12.1 Å². The molecule has 7 heteroatoms. The molecular weight excluding hydrogens is 448 g/mol. The van der Waals surface area contributed by atoms with Gasteiger partial charge in [0, 0.05) is 43.3 Å². The van der Waals surface area contributed by atoms with Gasteiger partial charge in [0.25, 0.3) is 0 Å². The third-order valence-electron chi connectivity index (χ3n) is 5.85. The first-order valence-corrected chi connectivity index (χ1v) is 12.0. The molecule has 1 fully saturated rings. The smallest absolute Gasteiger partial charge is 0.248 e. The number of hydrogen-bond donors (Lipinski definition) is 1. The molecule has 0 aliphatic carbocycles. The van der Waals surface area contributed by atoms with Crippen molar-refractivity contribution in [3.8, 4) is 5.75 Å². The summed E-state index contributed by atoms with van der Waals surface area (Å²) in [6, 6.07) is 13.4. The topological polar surface area (TPSA) is 57.7 Å². The summed E-state index contributed by atoms with van der Waals surface area (Å²) in [5.74, 6) is 1.50. The van der Waals surface area contributed by atoms with Crippen molar-refractivity contribution in [1.82, 2.24) is 9.88 Å². The number of anilines is 2. The second-order valence-corrected chi connectivity index (χ2v) is 9.40. The lowest BCUT2D eigenvalue weighted by molar-refractivity contribution is -0.111. The van der Waals surface area contributed by atoms with E-state index in [-0.39, 0.29) is 12.0 Å². The molecule has 1 saturated heterocycles. The van der Waals surface area contributed by atoms with E-state index in [0.717, 1.165) is 59.7 Å². The number of nitrogens with zero attached hydrogens (tertiary/aromatic N) is 3. The highest BCUT2D eigenvalue weighted by atomic mass is 35.5. The molecule has 2 heterocycles. The Morgan fingerprint density at radius 2 is 1.88 bits per heavy atom. The number of rotatable bonds is 6. The van der Waals surface area contributed by atoms with E-state index < -0.39 is 0 Å². The van der Waals surface area contributed by atoms with Gasteiger partial charge < -0.3 is 19.9 Å². The summed E-state index contributed by atoms with van der Waals surface area (Å²) in [5, 5.41) is 4.50. The van der Waals surface area contributed by atoms with Crippen molar-refractivity contribution in [1.29, 1.82) is 0 Å². The normalized spacial score (nSPS) is 14.8. The molecule has 178 valence electrons. The Morgan fingerprint density at radius 1 is 1.12 bits per heavy atom. The largest absolute Gasteiger partial charge is 0.491 e. The molecule has 0 atom stereocenters. The van der Waals surface area contributed by atoms with Crippen LogP contribution >= 0.6 is 11.6 Å². The molecule has 1 N–H and O–H groups in total. The Morgan fingerprint density at radius 3 is 2.59 bits per heavy atom. The van der Waals surface area contributed by atoms with Crippen LogP contribution in [0.1, 0.15) is 25.0 Å². The first kappa shape index (κ1) is 24.0. The van der Waals surface area contributed by atoms with Gasteiger partial charge in [-0.15, -0.1) is 0 Å². The molecule has 0 saturated carbocycles. The van der Waals surface area contributed by atoms with Crippen molar-refractivity contribution in [2.24, 2.45) is 0 Å². The standard InChI is InChI=1S/C27H31ClN4O2/c1-18(2)34-22-8-5-20(24(28)17-22)6-10-27(33)29-21-7-9-25-23(16-21)19(3)15-26(30-25)32-13-11-31(4)12-14-32/h5-10,15-18H,11-14H2,1-4H3,(H,29,33). The number of hydrogen-bond acceptors (Lipinski definition) is 5. The summed E-state index contributed by atoms with van der Waals surface area (Å²) in [4.78, 5) is 22.1. The van der Waals surface area contributed by atoms with Gasteiger partial charge in [0.1, 0.15) is 11.6 Å². The van der Waals surface area contributed by atoms with Crippen molar-refractivity contribution in [3.05, 3.63) is 64.7 Å². The summed E-state index contributed by atoms with van der Waals surface area (Å²) in [7, 11) is 2.15. The van der Waals surface area contributed by atoms with E-state index in [1.165, 1.54) is 6.08 Å². The van der Waals surface area contributed by atoms with Crippen LogP contribution in [0.3, 0.4) is 0 Å². The number of fused-ring (bicyclic) bond motifs is 1. The highest BCUT2D eigenvalue weighted by Crippen LogP contribution is 2.27. The molecule has 3 aromatic rings. The maximum atomic E-state index is 12.5. The minimum absolute atomic E-state index is 0.0717. The maximum absolute atomic E-state index is 12.5. The second-order valence-electron chi connectivity index (χ2n) is 8.99. The summed E-state index contributed by atoms with van der Waals surface area (Å²) in [6.45, 7) is 10.0. The minimum atomic E-state index is -0.224. The lowest BCUT2D eigenvalue weighted by Crippen LogP contribution is -2.44. The SMILES string of the molecule is Cc1cc(N2CCN(C)CC2)nc2ccc(NC(=O)C=Cc3ccc(OC(C)C)cc3Cl)cc12. The molecule has 0 spiro atoms. The number of aryl methyl sites for hydroxylation is 1. The lowest BCUT2D eigenvalue weighted by Gasteiger charge is -2.33. The second kappa shape index (κ2) is 10.5. The van der Waals surface area contributed by atoms with Crippen LogP contribution in [0, 0.1) is 6.92 Å². The molecule has 0 bridgehead atoms. The zero-order chi connectivity index (χ0) is 24.2. The van der Waals surface area contributed by atoms with Crippen LogP contribution in [0.25, 0.3) is 17.0 Å². The van der Waals surface area contributed by atoms with Gasteiger partial charge in [0.2, 0.25) is 5.91 Å². The first-order chi connectivity index (χ1) is 16.3. The molecule has 1 aliphatic heterocycles. The van der Waals surface area contributed by atoms with Gasteiger partial charge >= 0.3 is 0 Å². The van der Waals surface area contributed by atoms with E-state index in [4.69, 9.17) is 21.3 Å². The average molecular weight is 479 g/mol. The quantitative estimate of drug-likeness (QED) is 0.481. The Labute approximate surface area is 206 Å². The molecule has 1 aliphatic rings. The average Bonchev–Trinajstić information content (AvgIpc) is 2.79. The zero-order valence-corrected chi connectivity index (χ0v) is 20.9. The van der Waals surface area contributed by atoms with Gasteiger partial charge in [-0.1, -0.05) is 11.6 Å². The van der Waals surface area contributed by atoms with Gasteiger partial charge in [0.15, 0.2) is 0 Å². The van der Waals surface area contributed by atoms with Crippen LogP contribution in [0.4, 0.5) is 11.5 Å². The zero-order valence-electron chi connectivity index (χ0n) is 20.1. The Bertz CT molecular complexity index is 1220. The molecule has 2 aromatic carbocycles. The number of halogens is 1. The molecule has 6 nitrogen and oxygen atoms in total. The number of piperazine rings is 1. The van der Waals surface area contributed by atoms with Crippen molar-refractivity contribution < 1.29 is 9.53 Å². The number of pyridine rings is 1. The van der Waals surface area contributed by atoms with Crippen molar-refractivity contribution >= 4 is 46.0 Å². The first-order valence-electron chi connectivity index (χ1n) is 11.6. The molecular formula is C27H31ClN4O2. The Kier molecular flexibility index (Phi) is 7.39. The number of benzene rings is 2. The maximum Gasteiger partial charge on any atom is 0.248 e. The number of likely N-dealkylation sites (N-methyl/N-ethyl adjacent to an activating group) is 1. The summed E-state index contributed by atoms with van der Waals surface area (Å²) < 4.78 is 5.65. The molecule has 4 rings (SSSR count). The fourth-order valence-corrected chi connectivity index (χ4v) is 4.22. The van der Waals surface area contributed by atoms with Crippen LogP contribution < -0.4 is 15.0 Å². The number of amides is 1. The number of aromatic nitrogens is 1. The van der Waals surface area contributed by atoms with Gasteiger partial charge in [-0.3, -0.25) is 4.79 Å². The van der Waals surface area contributed by atoms with E-state index in [2.05, 4.69) is 35.2 Å². The number of carbonyl (C=O) groups is 1. The summed E-state index contributed by atoms with van der Waals surface area (Å²) in [6.07, 6.45) is 3.26. The van der Waals surface area contributed by atoms with E-state index in [0.29, 0.717) is 10.8 Å². The fraction of sp³-hybridized carbons (Fsp3) is 0.333. The minimum Gasteiger partial charge on any atom is -0.491 e. The molecule has 34 heavy (non-hydrogen) atoms. The molecule has 0 radical (unpaired) electrons. The monoisotopic (exact) mass is 478 g/mol. The van der Waals surface area contributed by atoms with Crippen molar-refractivity contribution in [2.75, 3.05) is 43.4 Å². The van der Waals surface area contributed by atoms with Gasteiger partial charge in [-0.25, -0.2) is 4.98 Å². The Hall–Kier alpha value is -3.09. The highest BCUT2D eigenvalue weighted by Gasteiger charge is 2.16. The fourth-order valence-electron chi connectivity index (χ4n) is 3.99. The predicted molar refractivity (Wildman–Crippen MR) is 141 cm³/mol. The van der Waals surface area contributed by atoms with Crippen molar-refractivity contribution in [3.63, 3.8) is 0 Å². The van der Waals surface area contributed by atoms with E-state index >= 15 is 0 Å². The molecule has 1 aromatic heterocycles.